The molecular formula is C28H18ClN. The smallest absolute Gasteiger partial charge is 0.0490 e. The van der Waals surface area contributed by atoms with Gasteiger partial charge in [0.05, 0.1) is 0 Å². The molecule has 1 aromatic heterocycles. The van der Waals surface area contributed by atoms with Crippen LogP contribution in [0.1, 0.15) is 0 Å². The van der Waals surface area contributed by atoms with E-state index in [0.717, 1.165) is 38.3 Å². The third kappa shape index (κ3) is 2.56. The maximum Gasteiger partial charge on any atom is 0.0490 e. The Morgan fingerprint density at radius 2 is 1.30 bits per heavy atom. The van der Waals surface area contributed by atoms with Crippen LogP contribution in [0.15, 0.2) is 103 Å². The van der Waals surface area contributed by atoms with Crippen molar-refractivity contribution in [1.82, 2.24) is 4.98 Å². The molecule has 6 aromatic rings. The van der Waals surface area contributed by atoms with Gasteiger partial charge in [-0.15, -0.1) is 0 Å². The molecule has 0 saturated carbocycles. The van der Waals surface area contributed by atoms with E-state index < -0.39 is 0 Å². The molecule has 0 aliphatic heterocycles. The summed E-state index contributed by atoms with van der Waals surface area (Å²) in [7, 11) is 0. The molecule has 142 valence electrons. The third-order valence-electron chi connectivity index (χ3n) is 5.88. The number of benzene rings is 5. The second-order valence-corrected chi connectivity index (χ2v) is 8.00. The molecule has 0 fully saturated rings. The lowest BCUT2D eigenvalue weighted by atomic mass is 9.89. The summed E-state index contributed by atoms with van der Waals surface area (Å²) in [5.41, 5.74) is 6.84. The van der Waals surface area contributed by atoms with Crippen LogP contribution in [0.3, 0.4) is 0 Å². The molecule has 6 rings (SSSR count). The van der Waals surface area contributed by atoms with Gasteiger partial charge in [0.15, 0.2) is 0 Å². The van der Waals surface area contributed by atoms with E-state index in [1.165, 1.54) is 21.5 Å². The van der Waals surface area contributed by atoms with Crippen LogP contribution in [0, 0.1) is 0 Å². The van der Waals surface area contributed by atoms with Gasteiger partial charge in [-0.1, -0.05) is 96.5 Å². The molecule has 1 N–H and O–H groups in total. The number of hydrogen-bond donors (Lipinski definition) is 1. The molecule has 2 heteroatoms. The molecular weight excluding hydrogens is 386 g/mol. The Morgan fingerprint density at radius 3 is 2.20 bits per heavy atom. The Balaban J connectivity index is 1.79. The Labute approximate surface area is 179 Å². The topological polar surface area (TPSA) is 15.8 Å². The number of aromatic amines is 1. The minimum atomic E-state index is 0.765. The van der Waals surface area contributed by atoms with Crippen molar-refractivity contribution in [2.75, 3.05) is 0 Å². The molecule has 0 unspecified atom stereocenters. The molecule has 1 nitrogen and oxygen atoms in total. The van der Waals surface area contributed by atoms with Crippen LogP contribution in [0.2, 0.25) is 5.02 Å². The Bertz CT molecular complexity index is 1540. The second-order valence-electron chi connectivity index (χ2n) is 7.59. The molecule has 0 spiro atoms. The lowest BCUT2D eigenvalue weighted by Gasteiger charge is -2.15. The van der Waals surface area contributed by atoms with E-state index in [0.29, 0.717) is 0 Å². The highest BCUT2D eigenvalue weighted by molar-refractivity contribution is 6.35. The number of hydrogen-bond acceptors (Lipinski definition) is 0. The van der Waals surface area contributed by atoms with Crippen molar-refractivity contribution in [2.24, 2.45) is 0 Å². The van der Waals surface area contributed by atoms with Gasteiger partial charge in [0.1, 0.15) is 0 Å². The van der Waals surface area contributed by atoms with Gasteiger partial charge >= 0.3 is 0 Å². The molecule has 0 atom stereocenters. The van der Waals surface area contributed by atoms with Crippen molar-refractivity contribution in [3.05, 3.63) is 108 Å². The first-order chi connectivity index (χ1) is 14.8. The summed E-state index contributed by atoms with van der Waals surface area (Å²) >= 11 is 6.85. The predicted molar refractivity (Wildman–Crippen MR) is 129 cm³/mol. The zero-order valence-corrected chi connectivity index (χ0v) is 16.9. The zero-order valence-electron chi connectivity index (χ0n) is 16.2. The summed E-state index contributed by atoms with van der Waals surface area (Å²) in [5, 5.41) is 5.69. The van der Waals surface area contributed by atoms with E-state index >= 15 is 0 Å². The van der Waals surface area contributed by atoms with Crippen LogP contribution < -0.4 is 0 Å². The lowest BCUT2D eigenvalue weighted by molar-refractivity contribution is 1.55. The number of para-hydroxylation sites is 1. The molecule has 0 radical (unpaired) electrons. The van der Waals surface area contributed by atoms with Gasteiger partial charge in [0, 0.05) is 32.4 Å². The van der Waals surface area contributed by atoms with Gasteiger partial charge in [0.25, 0.3) is 0 Å². The summed E-state index contributed by atoms with van der Waals surface area (Å²) in [4.78, 5) is 3.58. The summed E-state index contributed by atoms with van der Waals surface area (Å²) in [6, 6.07) is 36.0. The van der Waals surface area contributed by atoms with Crippen LogP contribution in [-0.4, -0.2) is 4.98 Å². The molecule has 0 bridgehead atoms. The fourth-order valence-corrected chi connectivity index (χ4v) is 4.86. The van der Waals surface area contributed by atoms with Crippen LogP contribution >= 0.6 is 11.6 Å². The van der Waals surface area contributed by atoms with Gasteiger partial charge in [-0.2, -0.15) is 0 Å². The first kappa shape index (κ1) is 17.3. The molecule has 0 saturated heterocycles. The Hall–Kier alpha value is -3.55. The number of H-pyrrole nitrogens is 1. The number of aromatic nitrogens is 1. The number of nitrogens with one attached hydrogen (secondary N) is 1. The summed E-state index contributed by atoms with van der Waals surface area (Å²) in [6.07, 6.45) is 0. The van der Waals surface area contributed by atoms with E-state index in [9.17, 15) is 0 Å². The van der Waals surface area contributed by atoms with Gasteiger partial charge in [0.2, 0.25) is 0 Å². The Morgan fingerprint density at radius 1 is 0.533 bits per heavy atom. The highest BCUT2D eigenvalue weighted by Crippen LogP contribution is 2.44. The van der Waals surface area contributed by atoms with E-state index in [4.69, 9.17) is 11.6 Å². The van der Waals surface area contributed by atoms with Gasteiger partial charge in [-0.25, -0.2) is 0 Å². The van der Waals surface area contributed by atoms with E-state index in [1.54, 1.807) is 0 Å². The van der Waals surface area contributed by atoms with Crippen LogP contribution in [-0.2, 0) is 0 Å². The molecule has 0 aliphatic carbocycles. The molecule has 0 amide bonds. The second kappa shape index (κ2) is 6.76. The van der Waals surface area contributed by atoms with Crippen molar-refractivity contribution < 1.29 is 0 Å². The summed E-state index contributed by atoms with van der Waals surface area (Å²) in [5.74, 6) is 0. The standard InChI is InChI=1S/C28H18ClN/c29-23-14-7-12-20(18-8-2-1-3-9-18)27(23)22-13-6-10-19-16-17-25-28(26(19)22)21-11-4-5-15-24(21)30-25/h1-17,30H. The molecule has 30 heavy (non-hydrogen) atoms. The average Bonchev–Trinajstić information content (AvgIpc) is 3.18. The van der Waals surface area contributed by atoms with E-state index in [2.05, 4.69) is 89.9 Å². The highest BCUT2D eigenvalue weighted by Gasteiger charge is 2.17. The van der Waals surface area contributed by atoms with Crippen LogP contribution in [0.25, 0.3) is 54.8 Å². The predicted octanol–water partition coefficient (Wildman–Crippen LogP) is 8.46. The number of fused-ring (bicyclic) bond motifs is 5. The monoisotopic (exact) mass is 403 g/mol. The summed E-state index contributed by atoms with van der Waals surface area (Å²) < 4.78 is 0. The highest BCUT2D eigenvalue weighted by atomic mass is 35.5. The first-order valence-electron chi connectivity index (χ1n) is 10.1. The Kier molecular flexibility index (Phi) is 3.90. The van der Waals surface area contributed by atoms with Crippen molar-refractivity contribution in [3.63, 3.8) is 0 Å². The summed E-state index contributed by atoms with van der Waals surface area (Å²) in [6.45, 7) is 0. The maximum absolute atomic E-state index is 6.85. The van der Waals surface area contributed by atoms with Gasteiger partial charge in [-0.05, 0) is 45.7 Å². The SMILES string of the molecule is Clc1cccc(-c2ccccc2)c1-c1cccc2ccc3[nH]c4ccccc4c3c12. The van der Waals surface area contributed by atoms with Crippen molar-refractivity contribution in [3.8, 4) is 22.3 Å². The van der Waals surface area contributed by atoms with Crippen molar-refractivity contribution in [1.29, 1.82) is 0 Å². The quantitative estimate of drug-likeness (QED) is 0.298. The number of rotatable bonds is 2. The minimum Gasteiger partial charge on any atom is -0.354 e. The third-order valence-corrected chi connectivity index (χ3v) is 6.19. The minimum absolute atomic E-state index is 0.765. The zero-order chi connectivity index (χ0) is 20.1. The largest absolute Gasteiger partial charge is 0.354 e. The maximum atomic E-state index is 6.85. The average molecular weight is 404 g/mol. The van der Waals surface area contributed by atoms with Gasteiger partial charge < -0.3 is 4.98 Å². The van der Waals surface area contributed by atoms with E-state index in [-0.39, 0.29) is 0 Å². The fourth-order valence-electron chi connectivity index (χ4n) is 4.58. The van der Waals surface area contributed by atoms with Crippen LogP contribution in [0.4, 0.5) is 0 Å². The van der Waals surface area contributed by atoms with Crippen molar-refractivity contribution >= 4 is 44.2 Å². The fraction of sp³-hybridized carbons (Fsp3) is 0. The first-order valence-corrected chi connectivity index (χ1v) is 10.5. The lowest BCUT2D eigenvalue weighted by Crippen LogP contribution is -1.89. The van der Waals surface area contributed by atoms with Gasteiger partial charge in [-0.3, -0.25) is 0 Å². The van der Waals surface area contributed by atoms with Crippen LogP contribution in [0.5, 0.6) is 0 Å². The molecule has 0 aliphatic rings. The van der Waals surface area contributed by atoms with Crippen molar-refractivity contribution in [2.45, 2.75) is 0 Å². The van der Waals surface area contributed by atoms with E-state index in [1.807, 2.05) is 18.2 Å². The molecule has 5 aromatic carbocycles. The number of halogens is 1. The normalized spacial score (nSPS) is 11.5. The molecule has 1 heterocycles.